The standard InChI is InChI=1S/C18H29N3S.BrH/c1-3-21(4-2)14-8-13-19-18(22)20-17-12-7-10-15-9-5-6-11-16(15)17;/h5-6,9,11,17H,3-4,7-8,10,12-14H2,1-2H3,(H2,19,20,22);1H. The lowest BCUT2D eigenvalue weighted by atomic mass is 9.88. The van der Waals surface area contributed by atoms with E-state index in [4.69, 9.17) is 12.2 Å². The fourth-order valence-corrected chi connectivity index (χ4v) is 3.40. The van der Waals surface area contributed by atoms with E-state index in [9.17, 15) is 0 Å². The van der Waals surface area contributed by atoms with Gasteiger partial charge < -0.3 is 15.5 Å². The summed E-state index contributed by atoms with van der Waals surface area (Å²) in [4.78, 5) is 2.44. The first kappa shape index (κ1) is 20.4. The molecule has 1 aromatic rings. The largest absolute Gasteiger partial charge is 0.363 e. The summed E-state index contributed by atoms with van der Waals surface area (Å²) < 4.78 is 0. The number of hydrogen-bond acceptors (Lipinski definition) is 2. The van der Waals surface area contributed by atoms with Crippen molar-refractivity contribution in [1.82, 2.24) is 15.5 Å². The fraction of sp³-hybridized carbons (Fsp3) is 0.611. The van der Waals surface area contributed by atoms with Crippen LogP contribution in [0.5, 0.6) is 0 Å². The van der Waals surface area contributed by atoms with Crippen LogP contribution in [0.25, 0.3) is 0 Å². The molecule has 0 heterocycles. The van der Waals surface area contributed by atoms with Crippen LogP contribution < -0.4 is 10.6 Å². The van der Waals surface area contributed by atoms with E-state index >= 15 is 0 Å². The minimum Gasteiger partial charge on any atom is -0.363 e. The maximum atomic E-state index is 5.46. The molecule has 0 fully saturated rings. The van der Waals surface area contributed by atoms with Crippen molar-refractivity contribution in [2.24, 2.45) is 0 Å². The minimum absolute atomic E-state index is 0. The van der Waals surface area contributed by atoms with Crippen LogP contribution in [0.2, 0.25) is 0 Å². The van der Waals surface area contributed by atoms with Crippen molar-refractivity contribution in [3.8, 4) is 0 Å². The lowest BCUT2D eigenvalue weighted by Crippen LogP contribution is -2.40. The van der Waals surface area contributed by atoms with Gasteiger partial charge in [-0.25, -0.2) is 0 Å². The maximum absolute atomic E-state index is 5.46. The first-order valence-corrected chi connectivity index (χ1v) is 9.00. The molecule has 2 N–H and O–H groups in total. The number of nitrogens with one attached hydrogen (secondary N) is 2. The SMILES string of the molecule is Br.CCN(CC)CCCNC(=S)NC1CCCc2ccccc21. The highest BCUT2D eigenvalue weighted by molar-refractivity contribution is 8.93. The molecule has 2 rings (SSSR count). The van der Waals surface area contributed by atoms with E-state index < -0.39 is 0 Å². The number of benzene rings is 1. The molecular formula is C18H30BrN3S. The van der Waals surface area contributed by atoms with Crippen LogP contribution in [0.4, 0.5) is 0 Å². The van der Waals surface area contributed by atoms with Crippen LogP contribution in [0.3, 0.4) is 0 Å². The van der Waals surface area contributed by atoms with Gasteiger partial charge in [-0.2, -0.15) is 0 Å². The van der Waals surface area contributed by atoms with Gasteiger partial charge in [0.05, 0.1) is 6.04 Å². The first-order valence-electron chi connectivity index (χ1n) is 8.59. The third kappa shape index (κ3) is 6.40. The number of aryl methyl sites for hydroxylation is 1. The topological polar surface area (TPSA) is 27.3 Å². The van der Waals surface area contributed by atoms with Gasteiger partial charge in [-0.05, 0) is 68.7 Å². The van der Waals surface area contributed by atoms with Crippen LogP contribution in [-0.2, 0) is 6.42 Å². The summed E-state index contributed by atoms with van der Waals surface area (Å²) in [5.41, 5.74) is 2.89. The van der Waals surface area contributed by atoms with Gasteiger partial charge in [0.25, 0.3) is 0 Å². The van der Waals surface area contributed by atoms with E-state index in [-0.39, 0.29) is 17.0 Å². The molecule has 0 radical (unpaired) electrons. The molecule has 0 amide bonds. The number of fused-ring (bicyclic) bond motifs is 1. The third-order valence-electron chi connectivity index (χ3n) is 4.51. The predicted octanol–water partition coefficient (Wildman–Crippen LogP) is 3.84. The maximum Gasteiger partial charge on any atom is 0.166 e. The molecule has 1 atom stereocenters. The Hall–Kier alpha value is -0.650. The number of nitrogens with zero attached hydrogens (tertiary/aromatic N) is 1. The van der Waals surface area contributed by atoms with Gasteiger partial charge in [0, 0.05) is 6.54 Å². The molecule has 23 heavy (non-hydrogen) atoms. The van der Waals surface area contributed by atoms with Crippen LogP contribution in [0, 0.1) is 0 Å². The Morgan fingerprint density at radius 1 is 1.26 bits per heavy atom. The average Bonchev–Trinajstić information content (AvgIpc) is 2.55. The monoisotopic (exact) mass is 399 g/mol. The zero-order valence-corrected chi connectivity index (χ0v) is 16.8. The molecule has 1 aliphatic carbocycles. The number of thiocarbonyl (C=S) groups is 1. The summed E-state index contributed by atoms with van der Waals surface area (Å²) in [5.74, 6) is 0. The van der Waals surface area contributed by atoms with E-state index in [0.717, 1.165) is 44.1 Å². The quantitative estimate of drug-likeness (QED) is 0.537. The Morgan fingerprint density at radius 2 is 2.00 bits per heavy atom. The summed E-state index contributed by atoms with van der Waals surface area (Å²) in [7, 11) is 0. The Bertz CT molecular complexity index is 477. The van der Waals surface area contributed by atoms with Crippen molar-refractivity contribution in [2.45, 2.75) is 45.6 Å². The van der Waals surface area contributed by atoms with Crippen LogP contribution in [0.15, 0.2) is 24.3 Å². The summed E-state index contributed by atoms with van der Waals surface area (Å²) >= 11 is 5.46. The summed E-state index contributed by atoms with van der Waals surface area (Å²) in [6.45, 7) is 8.75. The van der Waals surface area contributed by atoms with Gasteiger partial charge in [0.15, 0.2) is 5.11 Å². The molecule has 0 aliphatic heterocycles. The first-order chi connectivity index (χ1) is 10.7. The van der Waals surface area contributed by atoms with Crippen molar-refractivity contribution in [3.05, 3.63) is 35.4 Å². The predicted molar refractivity (Wildman–Crippen MR) is 109 cm³/mol. The molecule has 0 saturated heterocycles. The molecule has 0 bridgehead atoms. The number of hydrogen-bond donors (Lipinski definition) is 2. The molecule has 1 unspecified atom stereocenters. The van der Waals surface area contributed by atoms with Crippen LogP contribution in [-0.4, -0.2) is 36.2 Å². The lowest BCUT2D eigenvalue weighted by molar-refractivity contribution is 0.300. The van der Waals surface area contributed by atoms with Gasteiger partial charge >= 0.3 is 0 Å². The Morgan fingerprint density at radius 3 is 2.74 bits per heavy atom. The van der Waals surface area contributed by atoms with E-state index in [1.165, 1.54) is 24.0 Å². The highest BCUT2D eigenvalue weighted by Gasteiger charge is 2.19. The van der Waals surface area contributed by atoms with E-state index in [2.05, 4.69) is 53.6 Å². The highest BCUT2D eigenvalue weighted by atomic mass is 79.9. The zero-order valence-electron chi connectivity index (χ0n) is 14.3. The molecule has 5 heteroatoms. The second-order valence-electron chi connectivity index (χ2n) is 5.92. The van der Waals surface area contributed by atoms with E-state index in [0.29, 0.717) is 6.04 Å². The smallest absolute Gasteiger partial charge is 0.166 e. The normalized spacial score (nSPS) is 16.4. The Labute approximate surface area is 157 Å². The van der Waals surface area contributed by atoms with Crippen molar-refractivity contribution in [3.63, 3.8) is 0 Å². The number of halogens is 1. The van der Waals surface area contributed by atoms with Crippen molar-refractivity contribution < 1.29 is 0 Å². The van der Waals surface area contributed by atoms with E-state index in [1.807, 2.05) is 0 Å². The molecule has 130 valence electrons. The molecule has 0 aromatic heterocycles. The van der Waals surface area contributed by atoms with Gasteiger partial charge in [-0.15, -0.1) is 17.0 Å². The zero-order chi connectivity index (χ0) is 15.8. The third-order valence-corrected chi connectivity index (χ3v) is 4.77. The summed E-state index contributed by atoms with van der Waals surface area (Å²) in [5, 5.41) is 7.65. The Balaban J connectivity index is 0.00000264. The highest BCUT2D eigenvalue weighted by Crippen LogP contribution is 2.29. The average molecular weight is 400 g/mol. The number of rotatable bonds is 7. The Kier molecular flexibility index (Phi) is 9.75. The minimum atomic E-state index is 0. The second kappa shape index (κ2) is 11.0. The lowest BCUT2D eigenvalue weighted by Gasteiger charge is -2.27. The van der Waals surface area contributed by atoms with Crippen molar-refractivity contribution >= 4 is 34.3 Å². The van der Waals surface area contributed by atoms with Crippen LogP contribution in [0.1, 0.15) is 50.3 Å². The van der Waals surface area contributed by atoms with Crippen molar-refractivity contribution in [1.29, 1.82) is 0 Å². The summed E-state index contributed by atoms with van der Waals surface area (Å²) in [6.07, 6.45) is 4.72. The summed E-state index contributed by atoms with van der Waals surface area (Å²) in [6, 6.07) is 9.09. The molecule has 1 aliphatic rings. The second-order valence-corrected chi connectivity index (χ2v) is 6.33. The van der Waals surface area contributed by atoms with Gasteiger partial charge in [-0.1, -0.05) is 38.1 Å². The molecule has 0 spiro atoms. The van der Waals surface area contributed by atoms with Crippen molar-refractivity contribution in [2.75, 3.05) is 26.2 Å². The van der Waals surface area contributed by atoms with Crippen LogP contribution >= 0.6 is 29.2 Å². The van der Waals surface area contributed by atoms with E-state index in [1.54, 1.807) is 0 Å². The molecular weight excluding hydrogens is 370 g/mol. The van der Waals surface area contributed by atoms with Gasteiger partial charge in [-0.3, -0.25) is 0 Å². The van der Waals surface area contributed by atoms with Gasteiger partial charge in [0.2, 0.25) is 0 Å². The molecule has 1 aromatic carbocycles. The fourth-order valence-electron chi connectivity index (χ4n) is 3.16. The van der Waals surface area contributed by atoms with Gasteiger partial charge in [0.1, 0.15) is 0 Å². The molecule has 0 saturated carbocycles. The molecule has 3 nitrogen and oxygen atoms in total.